The van der Waals surface area contributed by atoms with Gasteiger partial charge in [0.15, 0.2) is 0 Å². The number of aromatic nitrogens is 3. The fourth-order valence-corrected chi connectivity index (χ4v) is 4.06. The molecular formula is C16H22N4. The van der Waals surface area contributed by atoms with Crippen LogP contribution in [0.4, 0.5) is 0 Å². The third-order valence-electron chi connectivity index (χ3n) is 5.06. The zero-order valence-electron chi connectivity index (χ0n) is 11.9. The fourth-order valence-electron chi connectivity index (χ4n) is 4.06. The van der Waals surface area contributed by atoms with E-state index in [-0.39, 0.29) is 0 Å². The summed E-state index contributed by atoms with van der Waals surface area (Å²) in [4.78, 5) is 2.72. The van der Waals surface area contributed by atoms with Crippen LogP contribution < -0.4 is 0 Å². The Balaban J connectivity index is 1.58. The summed E-state index contributed by atoms with van der Waals surface area (Å²) >= 11 is 0. The minimum Gasteiger partial charge on any atom is -0.300 e. The van der Waals surface area contributed by atoms with E-state index in [0.717, 1.165) is 24.0 Å². The summed E-state index contributed by atoms with van der Waals surface area (Å²) in [6, 6.07) is 9.07. The number of para-hydroxylation sites is 1. The molecule has 2 aliphatic heterocycles. The highest BCUT2D eigenvalue weighted by molar-refractivity contribution is 5.73. The molecule has 0 bridgehead atoms. The lowest BCUT2D eigenvalue weighted by Crippen LogP contribution is -2.49. The number of fused-ring (bicyclic) bond motifs is 2. The first-order chi connectivity index (χ1) is 9.92. The van der Waals surface area contributed by atoms with Gasteiger partial charge in [0.2, 0.25) is 0 Å². The Kier molecular flexibility index (Phi) is 3.19. The van der Waals surface area contributed by atoms with Crippen LogP contribution in [0.25, 0.3) is 11.0 Å². The van der Waals surface area contributed by atoms with Crippen molar-refractivity contribution >= 4 is 11.0 Å². The molecule has 2 saturated heterocycles. The van der Waals surface area contributed by atoms with Gasteiger partial charge in [0.05, 0.1) is 5.52 Å². The summed E-state index contributed by atoms with van der Waals surface area (Å²) in [5, 5.41) is 8.66. The molecule has 0 aliphatic carbocycles. The van der Waals surface area contributed by atoms with Crippen molar-refractivity contribution in [2.24, 2.45) is 5.92 Å². The van der Waals surface area contributed by atoms with Gasteiger partial charge in [-0.05, 0) is 56.8 Å². The summed E-state index contributed by atoms with van der Waals surface area (Å²) in [5.74, 6) is 0.745. The average molecular weight is 270 g/mol. The molecule has 2 aliphatic rings. The summed E-state index contributed by atoms with van der Waals surface area (Å²) in [6.07, 6.45) is 6.84. The van der Waals surface area contributed by atoms with Crippen LogP contribution in [0.5, 0.6) is 0 Å². The highest BCUT2D eigenvalue weighted by Crippen LogP contribution is 2.32. The van der Waals surface area contributed by atoms with E-state index in [1.807, 2.05) is 12.1 Å². The molecule has 0 radical (unpaired) electrons. The molecular weight excluding hydrogens is 248 g/mol. The third kappa shape index (κ3) is 2.12. The second-order valence-corrected chi connectivity index (χ2v) is 6.26. The standard InChI is InChI=1S/C16H22N4/c1-2-9-16-14(7-1)17-18-20(16)12-13-6-5-11-19-10-4-3-8-15(13)19/h1-2,7,9,13,15H,3-6,8,10-12H2/t13-,15+/m0/s1. The van der Waals surface area contributed by atoms with Crippen LogP contribution >= 0.6 is 0 Å². The lowest BCUT2D eigenvalue weighted by molar-refractivity contribution is 0.0507. The molecule has 1 aromatic heterocycles. The predicted molar refractivity (Wildman–Crippen MR) is 79.5 cm³/mol. The zero-order valence-corrected chi connectivity index (χ0v) is 11.9. The van der Waals surface area contributed by atoms with Gasteiger partial charge < -0.3 is 4.90 Å². The number of nitrogens with zero attached hydrogens (tertiary/aromatic N) is 4. The number of piperidine rings is 2. The SMILES string of the molecule is c1ccc2c(c1)nnn2C[C@@H]1CCCN2CCCC[C@H]12. The van der Waals surface area contributed by atoms with Gasteiger partial charge in [0.25, 0.3) is 0 Å². The number of rotatable bonds is 2. The van der Waals surface area contributed by atoms with Crippen LogP contribution in [0.15, 0.2) is 24.3 Å². The summed E-state index contributed by atoms with van der Waals surface area (Å²) in [7, 11) is 0. The van der Waals surface area contributed by atoms with Crippen molar-refractivity contribution in [2.45, 2.75) is 44.7 Å². The molecule has 4 nitrogen and oxygen atoms in total. The molecule has 2 aromatic rings. The average Bonchev–Trinajstić information content (AvgIpc) is 2.91. The van der Waals surface area contributed by atoms with Gasteiger partial charge in [-0.15, -0.1) is 5.10 Å². The van der Waals surface area contributed by atoms with E-state index in [1.54, 1.807) is 0 Å². The van der Waals surface area contributed by atoms with Crippen LogP contribution in [0.1, 0.15) is 32.1 Å². The largest absolute Gasteiger partial charge is 0.300 e. The van der Waals surface area contributed by atoms with Crippen LogP contribution in [0.3, 0.4) is 0 Å². The van der Waals surface area contributed by atoms with Gasteiger partial charge in [-0.25, -0.2) is 4.68 Å². The molecule has 4 rings (SSSR count). The van der Waals surface area contributed by atoms with E-state index in [0.29, 0.717) is 0 Å². The summed E-state index contributed by atoms with van der Waals surface area (Å²) in [5.41, 5.74) is 2.20. The Morgan fingerprint density at radius 2 is 1.95 bits per heavy atom. The maximum Gasteiger partial charge on any atom is 0.113 e. The molecule has 0 unspecified atom stereocenters. The van der Waals surface area contributed by atoms with Crippen LogP contribution in [-0.4, -0.2) is 39.0 Å². The lowest BCUT2D eigenvalue weighted by Gasteiger charge is -2.44. The number of hydrogen-bond donors (Lipinski definition) is 0. The van der Waals surface area contributed by atoms with Crippen molar-refractivity contribution in [3.8, 4) is 0 Å². The Hall–Kier alpha value is -1.42. The van der Waals surface area contributed by atoms with Crippen LogP contribution in [0, 0.1) is 5.92 Å². The van der Waals surface area contributed by atoms with Gasteiger partial charge >= 0.3 is 0 Å². The van der Waals surface area contributed by atoms with Crippen molar-refractivity contribution in [3.63, 3.8) is 0 Å². The van der Waals surface area contributed by atoms with Crippen molar-refractivity contribution in [3.05, 3.63) is 24.3 Å². The molecule has 2 atom stereocenters. The first-order valence-electron chi connectivity index (χ1n) is 7.94. The molecule has 3 heterocycles. The lowest BCUT2D eigenvalue weighted by atomic mass is 9.83. The van der Waals surface area contributed by atoms with Gasteiger partial charge in [0.1, 0.15) is 5.52 Å². The molecule has 4 heteroatoms. The maximum absolute atomic E-state index is 4.38. The maximum atomic E-state index is 4.38. The molecule has 0 saturated carbocycles. The smallest absolute Gasteiger partial charge is 0.113 e. The molecule has 1 aromatic carbocycles. The van der Waals surface area contributed by atoms with Crippen molar-refractivity contribution in [1.82, 2.24) is 19.9 Å². The van der Waals surface area contributed by atoms with Crippen LogP contribution in [-0.2, 0) is 6.54 Å². The van der Waals surface area contributed by atoms with E-state index in [2.05, 4.69) is 32.0 Å². The molecule has 20 heavy (non-hydrogen) atoms. The van der Waals surface area contributed by atoms with Crippen molar-refractivity contribution in [1.29, 1.82) is 0 Å². The Morgan fingerprint density at radius 3 is 2.95 bits per heavy atom. The molecule has 106 valence electrons. The van der Waals surface area contributed by atoms with Crippen LogP contribution in [0.2, 0.25) is 0 Å². The molecule has 0 N–H and O–H groups in total. The quantitative estimate of drug-likeness (QED) is 0.841. The predicted octanol–water partition coefficient (Wildman–Crippen LogP) is 2.70. The Bertz CT molecular complexity index is 589. The van der Waals surface area contributed by atoms with E-state index in [4.69, 9.17) is 0 Å². The molecule has 2 fully saturated rings. The van der Waals surface area contributed by atoms with Gasteiger partial charge in [-0.2, -0.15) is 0 Å². The normalized spacial score (nSPS) is 27.6. The second kappa shape index (κ2) is 5.17. The van der Waals surface area contributed by atoms with E-state index < -0.39 is 0 Å². The van der Waals surface area contributed by atoms with E-state index in [1.165, 1.54) is 50.7 Å². The first-order valence-corrected chi connectivity index (χ1v) is 7.94. The second-order valence-electron chi connectivity index (χ2n) is 6.26. The Labute approximate surface area is 119 Å². The van der Waals surface area contributed by atoms with Gasteiger partial charge in [0, 0.05) is 12.6 Å². The Morgan fingerprint density at radius 1 is 1.05 bits per heavy atom. The summed E-state index contributed by atoms with van der Waals surface area (Å²) in [6.45, 7) is 3.64. The number of benzene rings is 1. The highest BCUT2D eigenvalue weighted by Gasteiger charge is 2.33. The zero-order chi connectivity index (χ0) is 13.4. The van der Waals surface area contributed by atoms with Gasteiger partial charge in [-0.1, -0.05) is 23.8 Å². The first kappa shape index (κ1) is 12.3. The number of hydrogen-bond acceptors (Lipinski definition) is 3. The third-order valence-corrected chi connectivity index (χ3v) is 5.06. The fraction of sp³-hybridized carbons (Fsp3) is 0.625. The molecule has 0 amide bonds. The van der Waals surface area contributed by atoms with E-state index >= 15 is 0 Å². The topological polar surface area (TPSA) is 34.0 Å². The van der Waals surface area contributed by atoms with Crippen molar-refractivity contribution < 1.29 is 0 Å². The highest BCUT2D eigenvalue weighted by atomic mass is 15.4. The van der Waals surface area contributed by atoms with E-state index in [9.17, 15) is 0 Å². The monoisotopic (exact) mass is 270 g/mol. The van der Waals surface area contributed by atoms with Gasteiger partial charge in [-0.3, -0.25) is 0 Å². The summed E-state index contributed by atoms with van der Waals surface area (Å²) < 4.78 is 2.12. The minimum atomic E-state index is 0.745. The van der Waals surface area contributed by atoms with Crippen molar-refractivity contribution in [2.75, 3.05) is 13.1 Å². The molecule has 0 spiro atoms. The minimum absolute atomic E-state index is 0.745.